The lowest BCUT2D eigenvalue weighted by molar-refractivity contribution is 0.0696. The average Bonchev–Trinajstić information content (AvgIpc) is 2.28. The van der Waals surface area contributed by atoms with Crippen molar-refractivity contribution in [1.29, 1.82) is 5.26 Å². The number of benzene rings is 1. The number of hydrogen-bond acceptors (Lipinski definition) is 4. The normalized spacial score (nSPS) is 11.0. The Labute approximate surface area is 111 Å². The molecule has 0 aromatic heterocycles. The minimum atomic E-state index is -3.80. The van der Waals surface area contributed by atoms with Crippen molar-refractivity contribution in [2.75, 3.05) is 6.54 Å². The summed E-state index contributed by atoms with van der Waals surface area (Å²) in [5, 5.41) is 17.4. The molecule has 1 rings (SSSR count). The molecule has 0 aliphatic rings. The number of aryl methyl sites for hydroxylation is 2. The predicted octanol–water partition coefficient (Wildman–Crippen LogP) is 1.19. The lowest BCUT2D eigenvalue weighted by Gasteiger charge is -2.11. The third-order valence-electron chi connectivity index (χ3n) is 2.57. The van der Waals surface area contributed by atoms with Crippen LogP contribution in [0.15, 0.2) is 17.0 Å². The van der Waals surface area contributed by atoms with Crippen molar-refractivity contribution in [3.63, 3.8) is 0 Å². The van der Waals surface area contributed by atoms with Gasteiger partial charge in [-0.3, -0.25) is 0 Å². The number of nitrogens with zero attached hydrogens (tertiary/aromatic N) is 1. The van der Waals surface area contributed by atoms with Crippen molar-refractivity contribution < 1.29 is 18.3 Å². The monoisotopic (exact) mass is 282 g/mol. The maximum absolute atomic E-state index is 12.0. The molecule has 7 heteroatoms. The molecule has 0 radical (unpaired) electrons. The number of nitriles is 1. The molecule has 0 aliphatic carbocycles. The molecule has 0 saturated heterocycles. The summed E-state index contributed by atoms with van der Waals surface area (Å²) in [6, 6.07) is 4.48. The molecule has 0 amide bonds. The highest BCUT2D eigenvalue weighted by Gasteiger charge is 2.20. The molecule has 0 atom stereocenters. The number of nitrogens with one attached hydrogen (secondary N) is 1. The Morgan fingerprint density at radius 3 is 2.53 bits per heavy atom. The van der Waals surface area contributed by atoms with Crippen LogP contribution in [0.2, 0.25) is 0 Å². The summed E-state index contributed by atoms with van der Waals surface area (Å²) in [5.41, 5.74) is 0.916. The second kappa shape index (κ2) is 5.82. The molecule has 0 bridgehead atoms. The molecular weight excluding hydrogens is 268 g/mol. The van der Waals surface area contributed by atoms with Crippen molar-refractivity contribution in [1.82, 2.24) is 4.72 Å². The topological polar surface area (TPSA) is 107 Å². The molecule has 102 valence electrons. The summed E-state index contributed by atoms with van der Waals surface area (Å²) < 4.78 is 26.3. The summed E-state index contributed by atoms with van der Waals surface area (Å²) in [7, 11) is -3.80. The molecule has 2 N–H and O–H groups in total. The molecular formula is C12H14N2O4S. The van der Waals surface area contributed by atoms with E-state index in [0.717, 1.165) is 6.07 Å². The van der Waals surface area contributed by atoms with Gasteiger partial charge in [0.15, 0.2) is 0 Å². The maximum atomic E-state index is 12.0. The van der Waals surface area contributed by atoms with E-state index < -0.39 is 16.0 Å². The SMILES string of the molecule is Cc1cc(C)c(S(=O)(=O)NCCC#N)cc1C(=O)O. The molecule has 0 fully saturated rings. The van der Waals surface area contributed by atoms with E-state index in [1.54, 1.807) is 13.8 Å². The number of hydrogen-bond donors (Lipinski definition) is 2. The van der Waals surface area contributed by atoms with E-state index in [1.165, 1.54) is 6.07 Å². The summed E-state index contributed by atoms with van der Waals surface area (Å²) in [5.74, 6) is -1.18. The number of sulfonamides is 1. The van der Waals surface area contributed by atoms with Gasteiger partial charge in [0.25, 0.3) is 0 Å². The van der Waals surface area contributed by atoms with Gasteiger partial charge < -0.3 is 5.11 Å². The van der Waals surface area contributed by atoms with Gasteiger partial charge in [-0.25, -0.2) is 17.9 Å². The molecule has 1 aromatic rings. The highest BCUT2D eigenvalue weighted by atomic mass is 32.2. The Balaban J connectivity index is 3.24. The van der Waals surface area contributed by atoms with Crippen LogP contribution in [0.3, 0.4) is 0 Å². The highest BCUT2D eigenvalue weighted by molar-refractivity contribution is 7.89. The van der Waals surface area contributed by atoms with E-state index in [2.05, 4.69) is 4.72 Å². The number of carbonyl (C=O) groups is 1. The van der Waals surface area contributed by atoms with Crippen LogP contribution >= 0.6 is 0 Å². The zero-order valence-corrected chi connectivity index (χ0v) is 11.4. The molecule has 0 spiro atoms. The number of aromatic carboxylic acids is 1. The van der Waals surface area contributed by atoms with Crippen molar-refractivity contribution >= 4 is 16.0 Å². The van der Waals surface area contributed by atoms with Crippen molar-refractivity contribution in [2.24, 2.45) is 0 Å². The molecule has 19 heavy (non-hydrogen) atoms. The fourth-order valence-corrected chi connectivity index (χ4v) is 2.95. The van der Waals surface area contributed by atoms with Crippen LogP contribution in [0.5, 0.6) is 0 Å². The van der Waals surface area contributed by atoms with Crippen molar-refractivity contribution in [3.05, 3.63) is 28.8 Å². The van der Waals surface area contributed by atoms with Gasteiger partial charge in [0, 0.05) is 13.0 Å². The van der Waals surface area contributed by atoms with E-state index in [1.807, 2.05) is 6.07 Å². The van der Waals surface area contributed by atoms with Crippen LogP contribution in [0, 0.1) is 25.2 Å². The van der Waals surface area contributed by atoms with Crippen LogP contribution in [0.4, 0.5) is 0 Å². The van der Waals surface area contributed by atoms with E-state index >= 15 is 0 Å². The zero-order valence-electron chi connectivity index (χ0n) is 10.6. The summed E-state index contributed by atoms with van der Waals surface area (Å²) in [6.45, 7) is 3.20. The molecule has 0 heterocycles. The Bertz CT molecular complexity index is 644. The average molecular weight is 282 g/mol. The molecule has 0 saturated carbocycles. The summed E-state index contributed by atoms with van der Waals surface area (Å²) in [4.78, 5) is 10.9. The number of carboxylic acid groups (broad SMARTS) is 1. The minimum absolute atomic E-state index is 0.00540. The van der Waals surface area contributed by atoms with Crippen molar-refractivity contribution in [2.45, 2.75) is 25.2 Å². The number of carboxylic acids is 1. The Morgan fingerprint density at radius 1 is 1.37 bits per heavy atom. The highest BCUT2D eigenvalue weighted by Crippen LogP contribution is 2.20. The summed E-state index contributed by atoms with van der Waals surface area (Å²) >= 11 is 0. The van der Waals surface area contributed by atoms with Gasteiger partial charge in [0.1, 0.15) is 0 Å². The predicted molar refractivity (Wildman–Crippen MR) is 68.3 cm³/mol. The lowest BCUT2D eigenvalue weighted by Crippen LogP contribution is -2.25. The third kappa shape index (κ3) is 3.53. The van der Waals surface area contributed by atoms with Crippen LogP contribution in [-0.4, -0.2) is 26.0 Å². The second-order valence-corrected chi connectivity index (χ2v) is 5.78. The zero-order chi connectivity index (χ0) is 14.6. The maximum Gasteiger partial charge on any atom is 0.335 e. The van der Waals surface area contributed by atoms with Crippen LogP contribution in [-0.2, 0) is 10.0 Å². The lowest BCUT2D eigenvalue weighted by atomic mass is 10.1. The van der Waals surface area contributed by atoms with E-state index in [0.29, 0.717) is 11.1 Å². The van der Waals surface area contributed by atoms with Gasteiger partial charge in [-0.15, -0.1) is 0 Å². The van der Waals surface area contributed by atoms with Gasteiger partial charge in [-0.1, -0.05) is 6.07 Å². The van der Waals surface area contributed by atoms with Gasteiger partial charge in [0.2, 0.25) is 10.0 Å². The van der Waals surface area contributed by atoms with Crippen LogP contribution in [0.1, 0.15) is 27.9 Å². The molecule has 0 unspecified atom stereocenters. The van der Waals surface area contributed by atoms with E-state index in [-0.39, 0.29) is 23.4 Å². The number of rotatable bonds is 5. The molecule has 6 nitrogen and oxygen atoms in total. The van der Waals surface area contributed by atoms with Gasteiger partial charge in [-0.05, 0) is 31.0 Å². The standard InChI is InChI=1S/C12H14N2O4S/c1-8-6-9(2)11(7-10(8)12(15)16)19(17,18)14-5-3-4-13/h6-7,14H,3,5H2,1-2H3,(H,15,16). The first-order chi connectivity index (χ1) is 8.79. The van der Waals surface area contributed by atoms with Gasteiger partial charge in [-0.2, -0.15) is 5.26 Å². The fraction of sp³-hybridized carbons (Fsp3) is 0.333. The third-order valence-corrected chi connectivity index (χ3v) is 4.17. The van der Waals surface area contributed by atoms with Gasteiger partial charge in [0.05, 0.1) is 16.5 Å². The first-order valence-corrected chi connectivity index (χ1v) is 6.99. The Kier molecular flexibility index (Phi) is 4.64. The molecule has 0 aliphatic heterocycles. The molecule has 1 aromatic carbocycles. The largest absolute Gasteiger partial charge is 0.478 e. The van der Waals surface area contributed by atoms with E-state index in [4.69, 9.17) is 10.4 Å². The Morgan fingerprint density at radius 2 is 2.00 bits per heavy atom. The first-order valence-electron chi connectivity index (χ1n) is 5.50. The van der Waals surface area contributed by atoms with Crippen LogP contribution < -0.4 is 4.72 Å². The quantitative estimate of drug-likeness (QED) is 0.789. The summed E-state index contributed by atoms with van der Waals surface area (Å²) in [6.07, 6.45) is 0.0515. The Hall–Kier alpha value is -1.91. The fourth-order valence-electron chi connectivity index (χ4n) is 1.67. The van der Waals surface area contributed by atoms with Gasteiger partial charge >= 0.3 is 5.97 Å². The first kappa shape index (κ1) is 15.1. The van der Waals surface area contributed by atoms with Crippen molar-refractivity contribution in [3.8, 4) is 6.07 Å². The second-order valence-electron chi connectivity index (χ2n) is 4.04. The smallest absolute Gasteiger partial charge is 0.335 e. The minimum Gasteiger partial charge on any atom is -0.478 e. The van der Waals surface area contributed by atoms with Crippen LogP contribution in [0.25, 0.3) is 0 Å². The van der Waals surface area contributed by atoms with E-state index in [9.17, 15) is 13.2 Å².